The summed E-state index contributed by atoms with van der Waals surface area (Å²) in [6.45, 7) is 6.16. The molecule has 1 fully saturated rings. The van der Waals surface area contributed by atoms with E-state index < -0.39 is 0 Å². The van der Waals surface area contributed by atoms with Crippen molar-refractivity contribution in [3.63, 3.8) is 0 Å². The van der Waals surface area contributed by atoms with Gasteiger partial charge in [0.1, 0.15) is 0 Å². The number of carbonyl (C=O) groups excluding carboxylic acids is 1. The molecule has 1 unspecified atom stereocenters. The Morgan fingerprint density at radius 3 is 2.58 bits per heavy atom. The molecule has 1 atom stereocenters. The topological polar surface area (TPSA) is 17.1 Å². The summed E-state index contributed by atoms with van der Waals surface area (Å²) < 4.78 is 0. The lowest BCUT2D eigenvalue weighted by atomic mass is 10.00. The first-order chi connectivity index (χ1) is 9.08. The van der Waals surface area contributed by atoms with Gasteiger partial charge >= 0.3 is 0 Å². The molecule has 1 aliphatic carbocycles. The zero-order valence-corrected chi connectivity index (χ0v) is 13.1. The average molecular weight is 276 g/mol. The summed E-state index contributed by atoms with van der Waals surface area (Å²) in [5.41, 5.74) is 3.19. The van der Waals surface area contributed by atoms with Crippen molar-refractivity contribution in [2.75, 3.05) is 0 Å². The Morgan fingerprint density at radius 1 is 1.21 bits per heavy atom. The van der Waals surface area contributed by atoms with Crippen LogP contribution >= 0.6 is 11.8 Å². The van der Waals surface area contributed by atoms with Crippen LogP contribution in [0.15, 0.2) is 18.2 Å². The first-order valence-electron chi connectivity index (χ1n) is 7.35. The van der Waals surface area contributed by atoms with E-state index in [-0.39, 0.29) is 5.25 Å². The minimum atomic E-state index is 0.0867. The molecule has 0 heterocycles. The molecular formula is C17H24OS. The minimum Gasteiger partial charge on any atom is -0.293 e. The lowest BCUT2D eigenvalue weighted by Gasteiger charge is -2.24. The number of Topliss-reactive ketones (excluding diaryl/α,β-unsaturated/α-hetero) is 1. The van der Waals surface area contributed by atoms with Gasteiger partial charge in [0.2, 0.25) is 0 Å². The molecule has 0 aliphatic heterocycles. The lowest BCUT2D eigenvalue weighted by Crippen LogP contribution is -2.20. The van der Waals surface area contributed by atoms with Crippen LogP contribution < -0.4 is 0 Å². The van der Waals surface area contributed by atoms with Gasteiger partial charge in [-0.25, -0.2) is 0 Å². The second kappa shape index (κ2) is 6.60. The van der Waals surface area contributed by atoms with Gasteiger partial charge in [0.15, 0.2) is 5.78 Å². The van der Waals surface area contributed by atoms with Gasteiger partial charge in [-0.05, 0) is 45.2 Å². The van der Waals surface area contributed by atoms with Gasteiger partial charge in [-0.15, -0.1) is 11.8 Å². The molecule has 2 rings (SSSR count). The fourth-order valence-corrected chi connectivity index (χ4v) is 4.21. The maximum atomic E-state index is 12.6. The maximum Gasteiger partial charge on any atom is 0.175 e. The largest absolute Gasteiger partial charge is 0.293 e. The van der Waals surface area contributed by atoms with Crippen molar-refractivity contribution in [2.45, 2.75) is 63.4 Å². The fraction of sp³-hybridized carbons (Fsp3) is 0.588. The van der Waals surface area contributed by atoms with Gasteiger partial charge < -0.3 is 0 Å². The quantitative estimate of drug-likeness (QED) is 0.724. The fourth-order valence-electron chi connectivity index (χ4n) is 2.77. The van der Waals surface area contributed by atoms with Crippen LogP contribution in [0.2, 0.25) is 0 Å². The summed E-state index contributed by atoms with van der Waals surface area (Å²) in [6.07, 6.45) is 6.62. The molecule has 1 saturated carbocycles. The van der Waals surface area contributed by atoms with Gasteiger partial charge in [-0.1, -0.05) is 37.0 Å². The molecule has 2 heteroatoms. The molecule has 0 saturated heterocycles. The molecule has 0 N–H and O–H groups in total. The summed E-state index contributed by atoms with van der Waals surface area (Å²) in [5, 5.41) is 0.779. The molecule has 1 aromatic rings. The molecule has 19 heavy (non-hydrogen) atoms. The van der Waals surface area contributed by atoms with Crippen LogP contribution in [-0.2, 0) is 0 Å². The molecule has 1 aliphatic rings. The number of rotatable bonds is 4. The second-order valence-electron chi connectivity index (χ2n) is 5.72. The SMILES string of the molecule is Cc1ccc(C)c(C(=O)C(C)SC2CCCCC2)c1. The summed E-state index contributed by atoms with van der Waals surface area (Å²) in [5.74, 6) is 0.303. The predicted octanol–water partition coefficient (Wildman–Crippen LogP) is 4.94. The van der Waals surface area contributed by atoms with E-state index in [0.717, 1.165) is 11.1 Å². The van der Waals surface area contributed by atoms with E-state index in [2.05, 4.69) is 26.0 Å². The zero-order valence-electron chi connectivity index (χ0n) is 12.2. The van der Waals surface area contributed by atoms with Crippen molar-refractivity contribution in [2.24, 2.45) is 0 Å². The van der Waals surface area contributed by atoms with E-state index >= 15 is 0 Å². The highest BCUT2D eigenvalue weighted by Crippen LogP contribution is 2.32. The Balaban J connectivity index is 2.03. The van der Waals surface area contributed by atoms with Crippen LogP contribution in [0.5, 0.6) is 0 Å². The van der Waals surface area contributed by atoms with Crippen molar-refractivity contribution in [3.05, 3.63) is 34.9 Å². The van der Waals surface area contributed by atoms with Gasteiger partial charge in [-0.3, -0.25) is 4.79 Å². The Labute approximate surface area is 121 Å². The molecule has 0 bridgehead atoms. The van der Waals surface area contributed by atoms with Crippen LogP contribution in [0.1, 0.15) is 60.5 Å². The smallest absolute Gasteiger partial charge is 0.175 e. The van der Waals surface area contributed by atoms with Crippen molar-refractivity contribution in [1.82, 2.24) is 0 Å². The highest BCUT2D eigenvalue weighted by molar-refractivity contribution is 8.01. The molecular weight excluding hydrogens is 252 g/mol. The van der Waals surface area contributed by atoms with Crippen molar-refractivity contribution < 1.29 is 4.79 Å². The number of ketones is 1. The Bertz CT molecular complexity index is 447. The van der Waals surface area contributed by atoms with Crippen molar-refractivity contribution in [3.8, 4) is 0 Å². The maximum absolute atomic E-state index is 12.6. The van der Waals surface area contributed by atoms with E-state index in [4.69, 9.17) is 0 Å². The van der Waals surface area contributed by atoms with Gasteiger partial charge in [0.05, 0.1) is 5.25 Å². The van der Waals surface area contributed by atoms with E-state index in [1.54, 1.807) is 0 Å². The molecule has 104 valence electrons. The monoisotopic (exact) mass is 276 g/mol. The number of benzene rings is 1. The van der Waals surface area contributed by atoms with Gasteiger partial charge in [0.25, 0.3) is 0 Å². The lowest BCUT2D eigenvalue weighted by molar-refractivity contribution is 0.0993. The third-order valence-electron chi connectivity index (χ3n) is 3.98. The standard InChI is InChI=1S/C17H24OS/c1-12-9-10-13(2)16(11-12)17(18)14(3)19-15-7-5-4-6-8-15/h9-11,14-15H,4-8H2,1-3H3. The third-order valence-corrected chi connectivity index (χ3v) is 5.46. The predicted molar refractivity (Wildman–Crippen MR) is 84.2 cm³/mol. The van der Waals surface area contributed by atoms with Crippen LogP contribution in [-0.4, -0.2) is 16.3 Å². The van der Waals surface area contributed by atoms with Crippen molar-refractivity contribution in [1.29, 1.82) is 0 Å². The Hall–Kier alpha value is -0.760. The summed E-state index contributed by atoms with van der Waals surface area (Å²) in [4.78, 5) is 12.6. The first kappa shape index (κ1) is 14.6. The Morgan fingerprint density at radius 2 is 1.89 bits per heavy atom. The normalized spacial score (nSPS) is 18.3. The Kier molecular flexibility index (Phi) is 5.09. The molecule has 1 aromatic carbocycles. The average Bonchev–Trinajstić information content (AvgIpc) is 2.42. The number of hydrogen-bond donors (Lipinski definition) is 0. The highest BCUT2D eigenvalue weighted by atomic mass is 32.2. The second-order valence-corrected chi connectivity index (χ2v) is 7.37. The minimum absolute atomic E-state index is 0.0867. The zero-order chi connectivity index (χ0) is 13.8. The van der Waals surface area contributed by atoms with Gasteiger partial charge in [-0.2, -0.15) is 0 Å². The highest BCUT2D eigenvalue weighted by Gasteiger charge is 2.23. The first-order valence-corrected chi connectivity index (χ1v) is 8.29. The third kappa shape index (κ3) is 3.85. The summed E-state index contributed by atoms with van der Waals surface area (Å²) >= 11 is 1.89. The number of carbonyl (C=O) groups is 1. The van der Waals surface area contributed by atoms with Crippen LogP contribution in [0, 0.1) is 13.8 Å². The molecule has 0 spiro atoms. The molecule has 1 nitrogen and oxygen atoms in total. The van der Waals surface area contributed by atoms with Gasteiger partial charge in [0, 0.05) is 10.8 Å². The molecule has 0 aromatic heterocycles. The van der Waals surface area contributed by atoms with Crippen LogP contribution in [0.25, 0.3) is 0 Å². The van der Waals surface area contributed by atoms with E-state index in [0.29, 0.717) is 11.0 Å². The van der Waals surface area contributed by atoms with Crippen LogP contribution in [0.3, 0.4) is 0 Å². The molecule has 0 amide bonds. The number of hydrogen-bond acceptors (Lipinski definition) is 2. The van der Waals surface area contributed by atoms with E-state index in [1.165, 1.54) is 37.7 Å². The molecule has 0 radical (unpaired) electrons. The number of aryl methyl sites for hydroxylation is 2. The summed E-state index contributed by atoms with van der Waals surface area (Å²) in [7, 11) is 0. The van der Waals surface area contributed by atoms with E-state index in [1.807, 2.05) is 24.8 Å². The van der Waals surface area contributed by atoms with E-state index in [9.17, 15) is 4.79 Å². The summed E-state index contributed by atoms with van der Waals surface area (Å²) in [6, 6.07) is 6.17. The number of thioether (sulfide) groups is 1. The van der Waals surface area contributed by atoms with Crippen molar-refractivity contribution >= 4 is 17.5 Å². The van der Waals surface area contributed by atoms with Crippen LogP contribution in [0.4, 0.5) is 0 Å².